The van der Waals surface area contributed by atoms with Crippen molar-refractivity contribution in [3.8, 4) is 11.5 Å². The van der Waals surface area contributed by atoms with Crippen LogP contribution in [0, 0.1) is 37.3 Å². The number of carbonyl (C=O) groups is 3. The molecule has 0 saturated carbocycles. The minimum Gasteiger partial charge on any atom is -0.502 e. The average molecular weight is 431 g/mol. The van der Waals surface area contributed by atoms with Gasteiger partial charge in [0.25, 0.3) is 5.69 Å². The number of Topliss-reactive ketones (excluding diaryl/α,β-unsaturated/α-hetero) is 1. The lowest BCUT2D eigenvalue weighted by atomic mass is 9.77. The van der Waals surface area contributed by atoms with Crippen LogP contribution >= 0.6 is 0 Å². The molecule has 0 aromatic heterocycles. The van der Waals surface area contributed by atoms with Gasteiger partial charge in [0.2, 0.25) is 17.3 Å². The SMILES string of the molecule is CC(=O)c1c(C)c2c(c([N+](=O)[O-])c1O)C(=O)c1c([N+](=O)[O-])cc([N+](=O)[O-])c(O)c1C2=O. The highest BCUT2D eigenvalue weighted by Gasteiger charge is 2.47. The fourth-order valence-electron chi connectivity index (χ4n) is 3.59. The Morgan fingerprint density at radius 2 is 1.32 bits per heavy atom. The molecule has 0 saturated heterocycles. The molecule has 2 aromatic rings. The van der Waals surface area contributed by atoms with Gasteiger partial charge in [-0.2, -0.15) is 0 Å². The van der Waals surface area contributed by atoms with Crippen LogP contribution in [-0.4, -0.2) is 42.3 Å². The summed E-state index contributed by atoms with van der Waals surface area (Å²) in [4.78, 5) is 68.6. The van der Waals surface area contributed by atoms with Gasteiger partial charge in [0, 0.05) is 5.56 Å². The van der Waals surface area contributed by atoms with Crippen LogP contribution in [0.2, 0.25) is 0 Å². The summed E-state index contributed by atoms with van der Waals surface area (Å²) in [6, 6.07) is 0.243. The lowest BCUT2D eigenvalue weighted by Crippen LogP contribution is -2.26. The maximum Gasteiger partial charge on any atom is 0.323 e. The molecule has 0 fully saturated rings. The summed E-state index contributed by atoms with van der Waals surface area (Å²) in [6.07, 6.45) is 0. The number of phenols is 2. The largest absolute Gasteiger partial charge is 0.502 e. The number of ketones is 3. The summed E-state index contributed by atoms with van der Waals surface area (Å²) in [6.45, 7) is 2.01. The number of benzene rings is 2. The van der Waals surface area contributed by atoms with E-state index in [1.54, 1.807) is 0 Å². The van der Waals surface area contributed by atoms with Crippen LogP contribution in [0.25, 0.3) is 0 Å². The maximum atomic E-state index is 13.1. The first-order chi connectivity index (χ1) is 14.3. The van der Waals surface area contributed by atoms with Gasteiger partial charge in [0.15, 0.2) is 11.6 Å². The number of aromatic hydroxyl groups is 2. The molecular formula is C17H9N3O11. The molecule has 158 valence electrons. The van der Waals surface area contributed by atoms with Crippen LogP contribution in [-0.2, 0) is 0 Å². The molecular weight excluding hydrogens is 422 g/mol. The number of hydrogen-bond acceptors (Lipinski definition) is 11. The fraction of sp³-hybridized carbons (Fsp3) is 0.118. The van der Waals surface area contributed by atoms with E-state index in [4.69, 9.17) is 0 Å². The summed E-state index contributed by atoms with van der Waals surface area (Å²) in [7, 11) is 0. The third-order valence-corrected chi connectivity index (χ3v) is 4.79. The lowest BCUT2D eigenvalue weighted by molar-refractivity contribution is -0.394. The average Bonchev–Trinajstić information content (AvgIpc) is 2.63. The van der Waals surface area contributed by atoms with Crippen LogP contribution in [0.3, 0.4) is 0 Å². The topological polar surface area (TPSA) is 221 Å². The van der Waals surface area contributed by atoms with Gasteiger partial charge in [0.05, 0.1) is 32.0 Å². The lowest BCUT2D eigenvalue weighted by Gasteiger charge is -2.21. The molecule has 3 rings (SSSR count). The molecule has 31 heavy (non-hydrogen) atoms. The van der Waals surface area contributed by atoms with E-state index in [0.717, 1.165) is 13.8 Å². The monoisotopic (exact) mass is 431 g/mol. The number of carbonyl (C=O) groups excluding carboxylic acids is 3. The van der Waals surface area contributed by atoms with E-state index in [1.165, 1.54) is 0 Å². The normalized spacial score (nSPS) is 12.2. The highest BCUT2D eigenvalue weighted by molar-refractivity contribution is 6.33. The molecule has 0 radical (unpaired) electrons. The highest BCUT2D eigenvalue weighted by Crippen LogP contribution is 2.48. The Labute approximate surface area is 169 Å². The van der Waals surface area contributed by atoms with E-state index in [0.29, 0.717) is 0 Å². The van der Waals surface area contributed by atoms with Crippen molar-refractivity contribution < 1.29 is 39.4 Å². The number of nitro groups is 3. The quantitative estimate of drug-likeness (QED) is 0.346. The smallest absolute Gasteiger partial charge is 0.323 e. The Bertz CT molecular complexity index is 1310. The molecule has 14 heteroatoms. The minimum atomic E-state index is -1.50. The molecule has 14 nitrogen and oxygen atoms in total. The molecule has 2 aromatic carbocycles. The van der Waals surface area contributed by atoms with Gasteiger partial charge in [-0.3, -0.25) is 44.7 Å². The van der Waals surface area contributed by atoms with Gasteiger partial charge in [-0.15, -0.1) is 0 Å². The van der Waals surface area contributed by atoms with Crippen molar-refractivity contribution in [2.45, 2.75) is 13.8 Å². The Kier molecular flexibility index (Phi) is 4.50. The van der Waals surface area contributed by atoms with Gasteiger partial charge < -0.3 is 10.2 Å². The van der Waals surface area contributed by atoms with Gasteiger partial charge in [-0.25, -0.2) is 0 Å². The predicted molar refractivity (Wildman–Crippen MR) is 97.8 cm³/mol. The summed E-state index contributed by atoms with van der Waals surface area (Å²) in [5.41, 5.74) is -8.87. The van der Waals surface area contributed by atoms with Gasteiger partial charge in [-0.05, 0) is 19.4 Å². The zero-order valence-electron chi connectivity index (χ0n) is 15.5. The third-order valence-electron chi connectivity index (χ3n) is 4.79. The molecule has 0 aliphatic heterocycles. The van der Waals surface area contributed by atoms with E-state index in [9.17, 15) is 54.9 Å². The summed E-state index contributed by atoms with van der Waals surface area (Å²) < 4.78 is 0. The Hall–Kier alpha value is -4.75. The number of hydrogen-bond donors (Lipinski definition) is 2. The fourth-order valence-corrected chi connectivity index (χ4v) is 3.59. The minimum absolute atomic E-state index is 0.243. The number of phenolic OH excluding ortho intramolecular Hbond substituents is 2. The first kappa shape index (κ1) is 21.0. The molecule has 1 aliphatic rings. The predicted octanol–water partition coefficient (Wildman–Crippen LogP) is 2.11. The third kappa shape index (κ3) is 2.69. The van der Waals surface area contributed by atoms with Crippen molar-refractivity contribution in [1.82, 2.24) is 0 Å². The Morgan fingerprint density at radius 1 is 0.806 bits per heavy atom. The van der Waals surface area contributed by atoms with E-state index in [-0.39, 0.29) is 11.6 Å². The molecule has 0 spiro atoms. The van der Waals surface area contributed by atoms with Crippen LogP contribution in [0.1, 0.15) is 54.7 Å². The molecule has 0 unspecified atom stereocenters. The van der Waals surface area contributed by atoms with E-state index < -0.39 is 88.5 Å². The van der Waals surface area contributed by atoms with E-state index in [2.05, 4.69) is 0 Å². The highest BCUT2D eigenvalue weighted by atomic mass is 16.6. The van der Waals surface area contributed by atoms with Crippen molar-refractivity contribution in [1.29, 1.82) is 0 Å². The second-order valence-electron chi connectivity index (χ2n) is 6.45. The molecule has 0 bridgehead atoms. The second kappa shape index (κ2) is 6.65. The van der Waals surface area contributed by atoms with Crippen LogP contribution in [0.15, 0.2) is 6.07 Å². The number of fused-ring (bicyclic) bond motifs is 2. The van der Waals surface area contributed by atoms with Crippen LogP contribution in [0.4, 0.5) is 17.1 Å². The van der Waals surface area contributed by atoms with E-state index >= 15 is 0 Å². The van der Waals surface area contributed by atoms with Crippen molar-refractivity contribution in [3.63, 3.8) is 0 Å². The molecule has 1 aliphatic carbocycles. The zero-order chi connectivity index (χ0) is 23.5. The molecule has 2 N–H and O–H groups in total. The molecule has 0 atom stereocenters. The number of rotatable bonds is 4. The number of nitro benzene ring substituents is 3. The van der Waals surface area contributed by atoms with Gasteiger partial charge in [-0.1, -0.05) is 0 Å². The van der Waals surface area contributed by atoms with Crippen molar-refractivity contribution in [2.24, 2.45) is 0 Å². The molecule has 0 amide bonds. The number of nitrogens with zero attached hydrogens (tertiary/aromatic N) is 3. The first-order valence-corrected chi connectivity index (χ1v) is 8.15. The molecule has 0 heterocycles. The zero-order valence-corrected chi connectivity index (χ0v) is 15.5. The van der Waals surface area contributed by atoms with Crippen molar-refractivity contribution >= 4 is 34.4 Å². The van der Waals surface area contributed by atoms with Gasteiger partial charge in [0.1, 0.15) is 11.1 Å². The van der Waals surface area contributed by atoms with Crippen LogP contribution in [0.5, 0.6) is 11.5 Å². The second-order valence-corrected chi connectivity index (χ2v) is 6.45. The van der Waals surface area contributed by atoms with Crippen molar-refractivity contribution in [2.75, 3.05) is 0 Å². The summed E-state index contributed by atoms with van der Waals surface area (Å²) >= 11 is 0. The van der Waals surface area contributed by atoms with Crippen molar-refractivity contribution in [3.05, 3.63) is 69.8 Å². The summed E-state index contributed by atoms with van der Waals surface area (Å²) in [5.74, 6) is -6.36. The Balaban J connectivity index is 2.62. The first-order valence-electron chi connectivity index (χ1n) is 8.15. The standard InChI is InChI=1S/C17H9N3O11/c1-4-8(5(2)21)17(25)13(20(30)31)11-9(4)15(23)12-10(16(11)24)6(18(26)27)3-7(14(12)22)19(28)29/h3,22,25H,1-2H3. The Morgan fingerprint density at radius 3 is 1.77 bits per heavy atom. The maximum absolute atomic E-state index is 13.1. The van der Waals surface area contributed by atoms with E-state index in [1.807, 2.05) is 0 Å². The van der Waals surface area contributed by atoms with Crippen LogP contribution < -0.4 is 0 Å². The summed E-state index contributed by atoms with van der Waals surface area (Å²) in [5, 5.41) is 54.7. The van der Waals surface area contributed by atoms with Gasteiger partial charge >= 0.3 is 11.4 Å².